The molecule has 1 aliphatic rings. The van der Waals surface area contributed by atoms with E-state index in [1.54, 1.807) is 30.0 Å². The standard InChI is InChI=1S/C20H21N5O7/c1-12-20(27)23(7-6-22(2)3)17-10-14(4-5-18(17)32-12)21-19(26)13-8-15(24(28)29)11-16(9-13)25(30)31/h4-5,8-12H,6-7H2,1-3H3,(H,21,26). The highest BCUT2D eigenvalue weighted by molar-refractivity contribution is 6.06. The first-order valence-electron chi connectivity index (χ1n) is 9.59. The summed E-state index contributed by atoms with van der Waals surface area (Å²) >= 11 is 0. The largest absolute Gasteiger partial charge is 0.479 e. The summed E-state index contributed by atoms with van der Waals surface area (Å²) in [5.74, 6) is -0.523. The highest BCUT2D eigenvalue weighted by Crippen LogP contribution is 2.36. The zero-order valence-electron chi connectivity index (χ0n) is 17.6. The average molecular weight is 443 g/mol. The molecule has 0 aromatic heterocycles. The summed E-state index contributed by atoms with van der Waals surface area (Å²) in [4.78, 5) is 49.3. The van der Waals surface area contributed by atoms with E-state index >= 15 is 0 Å². The molecule has 0 spiro atoms. The number of ether oxygens (including phenoxy) is 1. The quantitative estimate of drug-likeness (QED) is 0.507. The van der Waals surface area contributed by atoms with E-state index < -0.39 is 33.2 Å². The van der Waals surface area contributed by atoms with E-state index in [4.69, 9.17) is 4.74 Å². The lowest BCUT2D eigenvalue weighted by Gasteiger charge is -2.34. The summed E-state index contributed by atoms with van der Waals surface area (Å²) in [6, 6.07) is 7.40. The van der Waals surface area contributed by atoms with E-state index in [9.17, 15) is 29.8 Å². The van der Waals surface area contributed by atoms with Gasteiger partial charge in [0.25, 0.3) is 23.2 Å². The predicted molar refractivity (Wildman–Crippen MR) is 115 cm³/mol. The van der Waals surface area contributed by atoms with Crippen molar-refractivity contribution in [3.63, 3.8) is 0 Å². The van der Waals surface area contributed by atoms with Gasteiger partial charge in [0.1, 0.15) is 5.75 Å². The van der Waals surface area contributed by atoms with Gasteiger partial charge in [-0.1, -0.05) is 0 Å². The third-order valence-corrected chi connectivity index (χ3v) is 4.78. The second kappa shape index (κ2) is 8.98. The number of anilines is 2. The molecule has 0 bridgehead atoms. The monoisotopic (exact) mass is 443 g/mol. The van der Waals surface area contributed by atoms with Gasteiger partial charge < -0.3 is 19.9 Å². The summed E-state index contributed by atoms with van der Waals surface area (Å²) in [5, 5.41) is 24.7. The van der Waals surface area contributed by atoms with Crippen molar-refractivity contribution >= 4 is 34.6 Å². The molecular formula is C20H21N5O7. The minimum atomic E-state index is -0.810. The number of fused-ring (bicyclic) bond motifs is 1. The van der Waals surface area contributed by atoms with E-state index in [0.29, 0.717) is 30.2 Å². The summed E-state index contributed by atoms with van der Waals surface area (Å²) in [7, 11) is 3.76. The SMILES string of the molecule is CC1Oc2ccc(NC(=O)c3cc([N+](=O)[O-])cc([N+](=O)[O-])c3)cc2N(CCN(C)C)C1=O. The molecule has 2 aromatic carbocycles. The van der Waals surface area contributed by atoms with Crippen LogP contribution >= 0.6 is 0 Å². The highest BCUT2D eigenvalue weighted by Gasteiger charge is 2.31. The molecule has 3 rings (SSSR count). The van der Waals surface area contributed by atoms with Crippen LogP contribution in [0.5, 0.6) is 5.75 Å². The zero-order chi connectivity index (χ0) is 23.6. The molecule has 1 unspecified atom stereocenters. The normalized spacial score (nSPS) is 15.2. The number of non-ortho nitro benzene ring substituents is 2. The summed E-state index contributed by atoms with van der Waals surface area (Å²) in [5.41, 5.74) is -0.620. The second-order valence-corrected chi connectivity index (χ2v) is 7.44. The van der Waals surface area contributed by atoms with Crippen LogP contribution in [0.2, 0.25) is 0 Å². The van der Waals surface area contributed by atoms with Gasteiger partial charge >= 0.3 is 0 Å². The first-order chi connectivity index (χ1) is 15.1. The van der Waals surface area contributed by atoms with E-state index in [1.807, 2.05) is 19.0 Å². The fourth-order valence-corrected chi connectivity index (χ4v) is 3.16. The van der Waals surface area contributed by atoms with E-state index in [-0.39, 0.29) is 11.5 Å². The maximum absolute atomic E-state index is 12.7. The van der Waals surface area contributed by atoms with Crippen LogP contribution < -0.4 is 15.0 Å². The van der Waals surface area contributed by atoms with E-state index in [2.05, 4.69) is 5.32 Å². The zero-order valence-corrected chi connectivity index (χ0v) is 17.6. The molecule has 0 saturated carbocycles. The van der Waals surface area contributed by atoms with Crippen molar-refractivity contribution in [2.45, 2.75) is 13.0 Å². The summed E-state index contributed by atoms with van der Waals surface area (Å²) in [6.07, 6.45) is -0.657. The predicted octanol–water partition coefficient (Wildman–Crippen LogP) is 2.43. The molecular weight excluding hydrogens is 422 g/mol. The number of nitrogens with one attached hydrogen (secondary N) is 1. The number of carbonyl (C=O) groups excluding carboxylic acids is 2. The Kier molecular flexibility index (Phi) is 6.35. The van der Waals surface area contributed by atoms with Gasteiger partial charge in [-0.25, -0.2) is 0 Å². The van der Waals surface area contributed by atoms with Crippen LogP contribution in [0, 0.1) is 20.2 Å². The lowest BCUT2D eigenvalue weighted by molar-refractivity contribution is -0.394. The minimum Gasteiger partial charge on any atom is -0.479 e. The number of nitrogens with zero attached hydrogens (tertiary/aromatic N) is 4. The highest BCUT2D eigenvalue weighted by atomic mass is 16.6. The van der Waals surface area contributed by atoms with Gasteiger partial charge in [-0.2, -0.15) is 0 Å². The number of benzene rings is 2. The van der Waals surface area contributed by atoms with Crippen molar-refractivity contribution in [2.75, 3.05) is 37.4 Å². The van der Waals surface area contributed by atoms with Crippen molar-refractivity contribution in [3.8, 4) is 5.75 Å². The Morgan fingerprint density at radius 2 is 1.75 bits per heavy atom. The Morgan fingerprint density at radius 1 is 1.12 bits per heavy atom. The minimum absolute atomic E-state index is 0.225. The van der Waals surface area contributed by atoms with Gasteiger partial charge in [0.05, 0.1) is 27.2 Å². The third kappa shape index (κ3) is 4.81. The van der Waals surface area contributed by atoms with Crippen molar-refractivity contribution < 1.29 is 24.2 Å². The van der Waals surface area contributed by atoms with Crippen LogP contribution in [0.25, 0.3) is 0 Å². The van der Waals surface area contributed by atoms with Gasteiger partial charge in [0.2, 0.25) is 0 Å². The van der Waals surface area contributed by atoms with Gasteiger partial charge in [-0.05, 0) is 39.2 Å². The van der Waals surface area contributed by atoms with Crippen molar-refractivity contribution in [1.82, 2.24) is 4.90 Å². The van der Waals surface area contributed by atoms with Crippen LogP contribution in [0.3, 0.4) is 0 Å². The lowest BCUT2D eigenvalue weighted by Crippen LogP contribution is -2.46. The molecule has 2 aromatic rings. The molecule has 0 saturated heterocycles. The number of hydrogen-bond donors (Lipinski definition) is 1. The molecule has 1 atom stereocenters. The second-order valence-electron chi connectivity index (χ2n) is 7.44. The molecule has 0 aliphatic carbocycles. The smallest absolute Gasteiger partial charge is 0.277 e. The molecule has 1 N–H and O–H groups in total. The number of nitro benzene ring substituents is 2. The molecule has 1 heterocycles. The number of likely N-dealkylation sites (N-methyl/N-ethyl adjacent to an activating group) is 1. The molecule has 32 heavy (non-hydrogen) atoms. The molecule has 12 nitrogen and oxygen atoms in total. The first-order valence-corrected chi connectivity index (χ1v) is 9.59. The number of rotatable bonds is 7. The number of hydrogen-bond acceptors (Lipinski definition) is 8. The van der Waals surface area contributed by atoms with Crippen molar-refractivity contribution in [3.05, 3.63) is 62.2 Å². The van der Waals surface area contributed by atoms with Crippen LogP contribution in [0.15, 0.2) is 36.4 Å². The Labute approximate surface area is 182 Å². The Bertz CT molecular complexity index is 1070. The number of nitro groups is 2. The fourth-order valence-electron chi connectivity index (χ4n) is 3.16. The molecule has 0 radical (unpaired) electrons. The maximum atomic E-state index is 12.7. The molecule has 12 heteroatoms. The van der Waals surface area contributed by atoms with Crippen LogP contribution in [0.4, 0.5) is 22.7 Å². The molecule has 1 aliphatic heterocycles. The van der Waals surface area contributed by atoms with Crippen LogP contribution in [0.1, 0.15) is 17.3 Å². The molecule has 0 fully saturated rings. The van der Waals surface area contributed by atoms with Gasteiger partial charge in [0, 0.05) is 30.9 Å². The lowest BCUT2D eigenvalue weighted by atomic mass is 10.1. The third-order valence-electron chi connectivity index (χ3n) is 4.78. The maximum Gasteiger partial charge on any atom is 0.277 e. The number of carbonyl (C=O) groups is 2. The van der Waals surface area contributed by atoms with Crippen molar-refractivity contribution in [1.29, 1.82) is 0 Å². The van der Waals surface area contributed by atoms with E-state index in [1.165, 1.54) is 0 Å². The molecule has 2 amide bonds. The van der Waals surface area contributed by atoms with Gasteiger partial charge in [0.15, 0.2) is 6.10 Å². The average Bonchev–Trinajstić information content (AvgIpc) is 2.73. The first kappa shape index (κ1) is 22.6. The van der Waals surface area contributed by atoms with Crippen LogP contribution in [-0.2, 0) is 4.79 Å². The Morgan fingerprint density at radius 3 is 2.31 bits per heavy atom. The van der Waals surface area contributed by atoms with Gasteiger partial charge in [-0.3, -0.25) is 29.8 Å². The Hall–Kier alpha value is -4.06. The summed E-state index contributed by atoms with van der Waals surface area (Å²) < 4.78 is 5.64. The van der Waals surface area contributed by atoms with Crippen LogP contribution in [-0.4, -0.2) is 59.8 Å². The summed E-state index contributed by atoms with van der Waals surface area (Å²) in [6.45, 7) is 2.66. The van der Waals surface area contributed by atoms with Crippen molar-refractivity contribution in [2.24, 2.45) is 0 Å². The number of amides is 2. The molecule has 168 valence electrons. The topological polar surface area (TPSA) is 148 Å². The fraction of sp³-hybridized carbons (Fsp3) is 0.300. The Balaban J connectivity index is 1.91. The van der Waals surface area contributed by atoms with E-state index in [0.717, 1.165) is 18.2 Å². The van der Waals surface area contributed by atoms with Gasteiger partial charge in [-0.15, -0.1) is 0 Å².